The number of rotatable bonds is 2. The number of aliphatic hydroxyl groups is 2. The molecule has 0 saturated carbocycles. The van der Waals surface area contributed by atoms with Crippen molar-refractivity contribution in [2.24, 2.45) is 0 Å². The van der Waals surface area contributed by atoms with Crippen LogP contribution in [0.1, 0.15) is 13.8 Å². The molecule has 0 aromatic heterocycles. The van der Waals surface area contributed by atoms with Crippen LogP contribution in [0.4, 0.5) is 26.3 Å². The summed E-state index contributed by atoms with van der Waals surface area (Å²) in [7, 11) is 0. The van der Waals surface area contributed by atoms with Gasteiger partial charge in [0.25, 0.3) is 11.6 Å². The molecular weight excluding hydrogens is 362 g/mol. The van der Waals surface area contributed by atoms with Crippen LogP contribution in [0.3, 0.4) is 0 Å². The minimum atomic E-state index is -4.88. The first-order valence-corrected chi connectivity index (χ1v) is 4.64. The Balaban J connectivity index is -0.000000295. The zero-order chi connectivity index (χ0) is 16.7. The fourth-order valence-electron chi connectivity index (χ4n) is 0.543. The van der Waals surface area contributed by atoms with Crippen LogP contribution < -0.4 is 0 Å². The van der Waals surface area contributed by atoms with Crippen molar-refractivity contribution in [2.45, 2.75) is 26.2 Å². The maximum Gasteiger partial charge on any atom is 0.454 e. The van der Waals surface area contributed by atoms with E-state index in [2.05, 4.69) is 0 Å². The van der Waals surface area contributed by atoms with Gasteiger partial charge in [0, 0.05) is 29.2 Å². The topological polar surface area (TPSA) is 74.6 Å². The second-order valence-corrected chi connectivity index (χ2v) is 3.30. The molecule has 0 aromatic carbocycles. The molecular formula is C10H10CuF6O4. The molecule has 0 fully saturated rings. The van der Waals surface area contributed by atoms with Gasteiger partial charge in [0.1, 0.15) is 0 Å². The number of carbonyl (C=O) groups excluding carboxylic acids is 2. The first-order chi connectivity index (χ1) is 8.67. The van der Waals surface area contributed by atoms with Gasteiger partial charge in [-0.3, -0.25) is 9.59 Å². The van der Waals surface area contributed by atoms with Crippen LogP contribution in [0, 0.1) is 0 Å². The summed E-state index contributed by atoms with van der Waals surface area (Å²) in [4.78, 5) is 19.8. The van der Waals surface area contributed by atoms with Crippen LogP contribution in [0.25, 0.3) is 0 Å². The van der Waals surface area contributed by atoms with Crippen LogP contribution in [0.15, 0.2) is 23.7 Å². The predicted molar refractivity (Wildman–Crippen MR) is 54.9 cm³/mol. The molecule has 0 atom stereocenters. The average Bonchev–Trinajstić information content (AvgIpc) is 2.13. The van der Waals surface area contributed by atoms with Crippen molar-refractivity contribution in [3.63, 3.8) is 0 Å². The summed E-state index contributed by atoms with van der Waals surface area (Å²) in [6.07, 6.45) is -9.52. The van der Waals surface area contributed by atoms with Crippen molar-refractivity contribution in [2.75, 3.05) is 0 Å². The first-order valence-electron chi connectivity index (χ1n) is 4.64. The Labute approximate surface area is 125 Å². The quantitative estimate of drug-likeness (QED) is 0.338. The third-order valence-corrected chi connectivity index (χ3v) is 1.24. The van der Waals surface area contributed by atoms with Crippen molar-refractivity contribution in [1.82, 2.24) is 0 Å². The summed E-state index contributed by atoms with van der Waals surface area (Å²) in [6.45, 7) is 1.98. The Bertz CT molecular complexity index is 374. The van der Waals surface area contributed by atoms with Crippen LogP contribution in [-0.2, 0) is 26.7 Å². The minimum absolute atomic E-state index is 0. The molecule has 0 aromatic rings. The number of carbonyl (C=O) groups is 2. The summed E-state index contributed by atoms with van der Waals surface area (Å²) in [5, 5.41) is 16.5. The van der Waals surface area contributed by atoms with Crippen LogP contribution in [-0.4, -0.2) is 34.1 Å². The van der Waals surface area contributed by atoms with E-state index >= 15 is 0 Å². The van der Waals surface area contributed by atoms with Gasteiger partial charge in [-0.15, -0.1) is 0 Å². The number of ketones is 2. The van der Waals surface area contributed by atoms with Gasteiger partial charge < -0.3 is 10.2 Å². The van der Waals surface area contributed by atoms with Gasteiger partial charge in [0.15, 0.2) is 0 Å². The normalized spacial score (nSPS) is 12.8. The second kappa shape index (κ2) is 9.45. The Hall–Kier alpha value is -1.48. The van der Waals surface area contributed by atoms with E-state index in [9.17, 15) is 35.9 Å². The standard InChI is InChI=1S/2C5H5F3O2.Cu/c2*1-3(9)2-4(10)5(6,7)8;/h2*2,9H,1H3;/b2*3-2-;. The van der Waals surface area contributed by atoms with Gasteiger partial charge in [-0.1, -0.05) is 0 Å². The summed E-state index contributed by atoms with van der Waals surface area (Å²) in [5.41, 5.74) is 0. The van der Waals surface area contributed by atoms with Crippen molar-refractivity contribution in [1.29, 1.82) is 0 Å². The van der Waals surface area contributed by atoms with E-state index in [4.69, 9.17) is 10.2 Å². The molecule has 0 unspecified atom stereocenters. The smallest absolute Gasteiger partial charge is 0.454 e. The van der Waals surface area contributed by atoms with Gasteiger partial charge in [-0.25, -0.2) is 0 Å². The maximum absolute atomic E-state index is 11.3. The minimum Gasteiger partial charge on any atom is -0.512 e. The monoisotopic (exact) mass is 371 g/mol. The predicted octanol–water partition coefficient (Wildman–Crippen LogP) is 3.16. The Morgan fingerprint density at radius 2 is 0.952 bits per heavy atom. The van der Waals surface area contributed by atoms with Gasteiger partial charge in [-0.05, 0) is 13.8 Å². The second-order valence-electron chi connectivity index (χ2n) is 3.30. The van der Waals surface area contributed by atoms with E-state index in [1.807, 2.05) is 0 Å². The van der Waals surface area contributed by atoms with Gasteiger partial charge in [0.05, 0.1) is 11.5 Å². The van der Waals surface area contributed by atoms with E-state index in [1.165, 1.54) is 0 Å². The van der Waals surface area contributed by atoms with Crippen LogP contribution in [0.5, 0.6) is 0 Å². The van der Waals surface area contributed by atoms with E-state index in [1.54, 1.807) is 0 Å². The van der Waals surface area contributed by atoms with E-state index in [0.717, 1.165) is 13.8 Å². The number of halogens is 6. The first kappa shape index (κ1) is 24.5. The molecule has 0 rings (SSSR count). The van der Waals surface area contributed by atoms with Crippen molar-refractivity contribution in [3.05, 3.63) is 23.7 Å². The molecule has 0 amide bonds. The molecule has 4 nitrogen and oxygen atoms in total. The number of aliphatic hydroxyl groups excluding tert-OH is 2. The molecule has 21 heavy (non-hydrogen) atoms. The molecule has 2 N–H and O–H groups in total. The SMILES string of the molecule is C/C(O)=C/C(=O)C(F)(F)F.C/C(O)=C/C(=O)C(F)(F)F.[Cu]. The van der Waals surface area contributed by atoms with Crippen LogP contribution >= 0.6 is 0 Å². The van der Waals surface area contributed by atoms with E-state index in [-0.39, 0.29) is 29.2 Å². The number of hydrogen-bond donors (Lipinski definition) is 2. The van der Waals surface area contributed by atoms with Crippen molar-refractivity contribution < 1.29 is 63.2 Å². The Morgan fingerprint density at radius 1 is 0.762 bits per heavy atom. The molecule has 0 aliphatic carbocycles. The summed E-state index contributed by atoms with van der Waals surface area (Å²) >= 11 is 0. The number of allylic oxidation sites excluding steroid dienone is 4. The van der Waals surface area contributed by atoms with Crippen molar-refractivity contribution >= 4 is 11.6 Å². The van der Waals surface area contributed by atoms with E-state index < -0.39 is 35.4 Å². The van der Waals surface area contributed by atoms with E-state index in [0.29, 0.717) is 0 Å². The molecule has 0 spiro atoms. The van der Waals surface area contributed by atoms with Gasteiger partial charge in [0.2, 0.25) is 0 Å². The largest absolute Gasteiger partial charge is 0.512 e. The molecule has 0 heterocycles. The zero-order valence-electron chi connectivity index (χ0n) is 10.4. The number of alkyl halides is 6. The maximum atomic E-state index is 11.3. The summed E-state index contributed by atoms with van der Waals surface area (Å²) in [5.74, 6) is -5.40. The fraction of sp³-hybridized carbons (Fsp3) is 0.400. The molecule has 1 radical (unpaired) electrons. The zero-order valence-corrected chi connectivity index (χ0v) is 11.4. The summed E-state index contributed by atoms with van der Waals surface area (Å²) < 4.78 is 67.8. The summed E-state index contributed by atoms with van der Waals surface area (Å²) in [6, 6.07) is 0. The van der Waals surface area contributed by atoms with Crippen molar-refractivity contribution in [3.8, 4) is 0 Å². The molecule has 0 aliphatic heterocycles. The molecule has 0 saturated heterocycles. The Kier molecular flexibility index (Phi) is 11.0. The Morgan fingerprint density at radius 3 is 1.00 bits per heavy atom. The van der Waals surface area contributed by atoms with Crippen LogP contribution in [0.2, 0.25) is 0 Å². The molecule has 0 bridgehead atoms. The van der Waals surface area contributed by atoms with Gasteiger partial charge >= 0.3 is 12.4 Å². The molecule has 127 valence electrons. The molecule has 0 aliphatic rings. The third-order valence-electron chi connectivity index (χ3n) is 1.24. The molecule has 11 heteroatoms. The average molecular weight is 372 g/mol. The van der Waals surface area contributed by atoms with Gasteiger partial charge in [-0.2, -0.15) is 26.3 Å². The third kappa shape index (κ3) is 14.7. The number of hydrogen-bond acceptors (Lipinski definition) is 4. The fourth-order valence-corrected chi connectivity index (χ4v) is 0.543.